The molecule has 0 bridgehead atoms. The van der Waals surface area contributed by atoms with Gasteiger partial charge in [-0.05, 0) is 26.3 Å². The Labute approximate surface area is 104 Å². The van der Waals surface area contributed by atoms with E-state index >= 15 is 0 Å². The van der Waals surface area contributed by atoms with Crippen LogP contribution in [-0.2, 0) is 18.2 Å². The Morgan fingerprint density at radius 1 is 1.53 bits per heavy atom. The van der Waals surface area contributed by atoms with Crippen molar-refractivity contribution in [1.82, 2.24) is 20.1 Å². The average Bonchev–Trinajstić information content (AvgIpc) is 2.71. The number of hydrogen-bond donors (Lipinski definition) is 1. The van der Waals surface area contributed by atoms with Gasteiger partial charge in [0.05, 0.1) is 6.10 Å². The largest absolute Gasteiger partial charge is 0.382 e. The zero-order chi connectivity index (χ0) is 12.7. The summed E-state index contributed by atoms with van der Waals surface area (Å²) in [6.45, 7) is 5.29. The fraction of sp³-hybridized carbons (Fsp3) is 0.833. The maximum absolute atomic E-state index is 5.33. The Morgan fingerprint density at radius 2 is 2.29 bits per heavy atom. The molecule has 2 atom stereocenters. The second-order valence-electron chi connectivity index (χ2n) is 4.44. The van der Waals surface area contributed by atoms with Crippen molar-refractivity contribution in [3.05, 3.63) is 12.2 Å². The Bertz CT molecular complexity index is 313. The minimum atomic E-state index is 0.262. The van der Waals surface area contributed by atoms with E-state index in [1.165, 1.54) is 0 Å². The number of methoxy groups -OCH3 is 1. The van der Waals surface area contributed by atoms with Crippen molar-refractivity contribution in [2.24, 2.45) is 7.05 Å². The van der Waals surface area contributed by atoms with Crippen LogP contribution in [-0.4, -0.2) is 40.6 Å². The van der Waals surface area contributed by atoms with E-state index in [0.717, 1.165) is 31.6 Å². The SMILES string of the molecule is CCCNC(Cc1ncnn1C)CC(C)OC. The molecule has 17 heavy (non-hydrogen) atoms. The topological polar surface area (TPSA) is 52.0 Å². The highest BCUT2D eigenvalue weighted by Crippen LogP contribution is 2.07. The molecule has 5 nitrogen and oxygen atoms in total. The minimum absolute atomic E-state index is 0.262. The molecule has 0 aromatic carbocycles. The van der Waals surface area contributed by atoms with Crippen molar-refractivity contribution in [2.75, 3.05) is 13.7 Å². The molecule has 1 aromatic heterocycles. The Balaban J connectivity index is 2.53. The van der Waals surface area contributed by atoms with Gasteiger partial charge in [-0.25, -0.2) is 4.98 Å². The van der Waals surface area contributed by atoms with E-state index in [4.69, 9.17) is 4.74 Å². The van der Waals surface area contributed by atoms with Crippen LogP contribution in [0.1, 0.15) is 32.5 Å². The summed E-state index contributed by atoms with van der Waals surface area (Å²) in [5.41, 5.74) is 0. The Kier molecular flexibility index (Phi) is 6.15. The van der Waals surface area contributed by atoms with Crippen LogP contribution >= 0.6 is 0 Å². The average molecular weight is 240 g/mol. The van der Waals surface area contributed by atoms with E-state index in [9.17, 15) is 0 Å². The van der Waals surface area contributed by atoms with Gasteiger partial charge < -0.3 is 10.1 Å². The summed E-state index contributed by atoms with van der Waals surface area (Å²) >= 11 is 0. The molecule has 2 unspecified atom stereocenters. The summed E-state index contributed by atoms with van der Waals surface area (Å²) in [6.07, 6.45) is 4.88. The third kappa shape index (κ3) is 4.83. The van der Waals surface area contributed by atoms with E-state index in [2.05, 4.69) is 29.2 Å². The predicted molar refractivity (Wildman–Crippen MR) is 67.9 cm³/mol. The van der Waals surface area contributed by atoms with Gasteiger partial charge in [0.15, 0.2) is 0 Å². The first-order chi connectivity index (χ1) is 8.17. The Hall–Kier alpha value is -0.940. The summed E-state index contributed by atoms with van der Waals surface area (Å²) in [4.78, 5) is 4.27. The molecule has 0 aliphatic heterocycles. The standard InChI is InChI=1S/C12H24N4O/c1-5-6-13-11(7-10(2)17-4)8-12-14-9-15-16(12)3/h9-11,13H,5-8H2,1-4H3. The molecule has 0 radical (unpaired) electrons. The van der Waals surface area contributed by atoms with Crippen LogP contribution in [0.5, 0.6) is 0 Å². The molecule has 0 amide bonds. The number of aryl methyl sites for hydroxylation is 1. The molecule has 0 aliphatic rings. The summed E-state index contributed by atoms with van der Waals surface area (Å²) in [7, 11) is 3.68. The van der Waals surface area contributed by atoms with E-state index in [1.54, 1.807) is 13.4 Å². The first-order valence-electron chi connectivity index (χ1n) is 6.26. The smallest absolute Gasteiger partial charge is 0.138 e. The zero-order valence-corrected chi connectivity index (χ0v) is 11.3. The van der Waals surface area contributed by atoms with Crippen LogP contribution in [0.25, 0.3) is 0 Å². The molecule has 98 valence electrons. The van der Waals surface area contributed by atoms with Crippen molar-refractivity contribution in [2.45, 2.75) is 45.3 Å². The molecule has 1 heterocycles. The highest BCUT2D eigenvalue weighted by atomic mass is 16.5. The lowest BCUT2D eigenvalue weighted by atomic mass is 10.1. The second kappa shape index (κ2) is 7.40. The molecule has 0 spiro atoms. The molecule has 0 aliphatic carbocycles. The molecular formula is C12H24N4O. The first kappa shape index (κ1) is 14.1. The van der Waals surface area contributed by atoms with Gasteiger partial charge in [-0.3, -0.25) is 4.68 Å². The lowest BCUT2D eigenvalue weighted by Gasteiger charge is -2.21. The monoisotopic (exact) mass is 240 g/mol. The molecule has 0 fully saturated rings. The summed E-state index contributed by atoms with van der Waals surface area (Å²) in [6, 6.07) is 0.396. The van der Waals surface area contributed by atoms with Gasteiger partial charge in [0, 0.05) is 26.6 Å². The number of nitrogens with zero attached hydrogens (tertiary/aromatic N) is 3. The van der Waals surface area contributed by atoms with Crippen LogP contribution in [0, 0.1) is 0 Å². The molecule has 1 N–H and O–H groups in total. The molecule has 1 aromatic rings. The van der Waals surface area contributed by atoms with Gasteiger partial charge >= 0.3 is 0 Å². The van der Waals surface area contributed by atoms with Crippen LogP contribution < -0.4 is 5.32 Å². The maximum Gasteiger partial charge on any atom is 0.138 e. The summed E-state index contributed by atoms with van der Waals surface area (Å²) < 4.78 is 7.16. The van der Waals surface area contributed by atoms with Crippen molar-refractivity contribution in [3.63, 3.8) is 0 Å². The second-order valence-corrected chi connectivity index (χ2v) is 4.44. The van der Waals surface area contributed by atoms with Gasteiger partial charge in [-0.1, -0.05) is 6.92 Å². The van der Waals surface area contributed by atoms with Gasteiger partial charge in [-0.15, -0.1) is 0 Å². The highest BCUT2D eigenvalue weighted by molar-refractivity contribution is 4.89. The zero-order valence-electron chi connectivity index (χ0n) is 11.3. The molecule has 1 rings (SSSR count). The van der Waals surface area contributed by atoms with Crippen LogP contribution in [0.2, 0.25) is 0 Å². The normalized spacial score (nSPS) is 14.8. The lowest BCUT2D eigenvalue weighted by Crippen LogP contribution is -2.35. The van der Waals surface area contributed by atoms with Crippen LogP contribution in [0.4, 0.5) is 0 Å². The van der Waals surface area contributed by atoms with Crippen molar-refractivity contribution in [3.8, 4) is 0 Å². The molecule has 0 saturated heterocycles. The van der Waals surface area contributed by atoms with Crippen molar-refractivity contribution >= 4 is 0 Å². The van der Waals surface area contributed by atoms with Gasteiger partial charge in [0.25, 0.3) is 0 Å². The van der Waals surface area contributed by atoms with E-state index in [0.29, 0.717) is 6.04 Å². The van der Waals surface area contributed by atoms with Gasteiger partial charge in [-0.2, -0.15) is 5.10 Å². The van der Waals surface area contributed by atoms with Crippen LogP contribution in [0.15, 0.2) is 6.33 Å². The lowest BCUT2D eigenvalue weighted by molar-refractivity contribution is 0.1000. The summed E-state index contributed by atoms with van der Waals surface area (Å²) in [5, 5.41) is 7.63. The number of aromatic nitrogens is 3. The van der Waals surface area contributed by atoms with Crippen LogP contribution in [0.3, 0.4) is 0 Å². The number of rotatable bonds is 8. The van der Waals surface area contributed by atoms with E-state index < -0.39 is 0 Å². The number of hydrogen-bond acceptors (Lipinski definition) is 4. The molecule has 0 saturated carbocycles. The Morgan fingerprint density at radius 3 is 2.82 bits per heavy atom. The van der Waals surface area contributed by atoms with E-state index in [1.807, 2.05) is 11.7 Å². The quantitative estimate of drug-likeness (QED) is 0.740. The highest BCUT2D eigenvalue weighted by Gasteiger charge is 2.15. The fourth-order valence-electron chi connectivity index (χ4n) is 1.81. The number of nitrogens with one attached hydrogen (secondary N) is 1. The van der Waals surface area contributed by atoms with Gasteiger partial charge in [0.1, 0.15) is 12.2 Å². The molecular weight excluding hydrogens is 216 g/mol. The predicted octanol–water partition coefficient (Wildman–Crippen LogP) is 1.15. The number of ether oxygens (including phenoxy) is 1. The van der Waals surface area contributed by atoms with Gasteiger partial charge in [0.2, 0.25) is 0 Å². The summed E-state index contributed by atoms with van der Waals surface area (Å²) in [5.74, 6) is 1.02. The molecule has 5 heteroatoms. The fourth-order valence-corrected chi connectivity index (χ4v) is 1.81. The third-order valence-electron chi connectivity index (χ3n) is 2.94. The third-order valence-corrected chi connectivity index (χ3v) is 2.94. The van der Waals surface area contributed by atoms with E-state index in [-0.39, 0.29) is 6.10 Å². The van der Waals surface area contributed by atoms with Crippen molar-refractivity contribution in [1.29, 1.82) is 0 Å². The van der Waals surface area contributed by atoms with Crippen molar-refractivity contribution < 1.29 is 4.74 Å². The first-order valence-corrected chi connectivity index (χ1v) is 6.26. The maximum atomic E-state index is 5.33. The minimum Gasteiger partial charge on any atom is -0.382 e.